The predicted molar refractivity (Wildman–Crippen MR) is 94.1 cm³/mol. The summed E-state index contributed by atoms with van der Waals surface area (Å²) in [5, 5.41) is 5.38. The molecule has 1 heterocycles. The summed E-state index contributed by atoms with van der Waals surface area (Å²) in [5.41, 5.74) is 1.21. The Kier molecular flexibility index (Phi) is 7.19. The van der Waals surface area contributed by atoms with Crippen LogP contribution < -0.4 is 10.1 Å². The molecule has 114 valence electrons. The Morgan fingerprint density at radius 2 is 2.10 bits per heavy atom. The highest BCUT2D eigenvalue weighted by Crippen LogP contribution is 2.28. The lowest BCUT2D eigenvalue weighted by molar-refractivity contribution is 0.199. The van der Waals surface area contributed by atoms with Crippen molar-refractivity contribution >= 4 is 43.2 Å². The maximum absolute atomic E-state index is 5.84. The van der Waals surface area contributed by atoms with Crippen LogP contribution in [0.4, 0.5) is 0 Å². The smallest absolute Gasteiger partial charge is 0.134 e. The molecular formula is C15H17Br2NO2S. The van der Waals surface area contributed by atoms with Crippen molar-refractivity contribution in [1.82, 2.24) is 5.32 Å². The van der Waals surface area contributed by atoms with E-state index in [0.717, 1.165) is 34.4 Å². The predicted octanol–water partition coefficient (Wildman–Crippen LogP) is 4.59. The third kappa shape index (κ3) is 5.71. The zero-order valence-electron chi connectivity index (χ0n) is 11.7. The summed E-state index contributed by atoms with van der Waals surface area (Å²) < 4.78 is 12.9. The summed E-state index contributed by atoms with van der Waals surface area (Å²) in [6.45, 7) is 2.97. The Hall–Kier alpha value is -0.400. The molecule has 0 aliphatic heterocycles. The summed E-state index contributed by atoms with van der Waals surface area (Å²) in [7, 11) is 1.70. The fourth-order valence-electron chi connectivity index (χ4n) is 1.76. The molecule has 0 amide bonds. The van der Waals surface area contributed by atoms with Crippen molar-refractivity contribution in [3.63, 3.8) is 0 Å². The zero-order valence-corrected chi connectivity index (χ0v) is 15.7. The average molecular weight is 435 g/mol. The minimum Gasteiger partial charge on any atom is -0.487 e. The second-order valence-corrected chi connectivity index (χ2v) is 7.22. The molecule has 1 N–H and O–H groups in total. The number of halogens is 2. The molecule has 21 heavy (non-hydrogen) atoms. The fraction of sp³-hybridized carbons (Fsp3) is 0.333. The fourth-order valence-corrected chi connectivity index (χ4v) is 3.66. The number of hydrogen-bond acceptors (Lipinski definition) is 4. The monoisotopic (exact) mass is 433 g/mol. The minimum absolute atomic E-state index is 0.584. The largest absolute Gasteiger partial charge is 0.487 e. The van der Waals surface area contributed by atoms with E-state index in [-0.39, 0.29) is 0 Å². The van der Waals surface area contributed by atoms with E-state index in [1.54, 1.807) is 18.4 Å². The number of hydrogen-bond donors (Lipinski definition) is 1. The van der Waals surface area contributed by atoms with E-state index in [4.69, 9.17) is 9.47 Å². The molecule has 0 saturated heterocycles. The van der Waals surface area contributed by atoms with Gasteiger partial charge in [0.2, 0.25) is 0 Å². The first-order valence-electron chi connectivity index (χ1n) is 6.53. The van der Waals surface area contributed by atoms with Gasteiger partial charge in [-0.15, -0.1) is 11.3 Å². The van der Waals surface area contributed by atoms with E-state index in [0.29, 0.717) is 6.61 Å². The van der Waals surface area contributed by atoms with Crippen molar-refractivity contribution in [2.75, 3.05) is 20.3 Å². The molecule has 0 unspecified atom stereocenters. The Bertz CT molecular complexity index is 575. The standard InChI is InChI=1S/C15H17Br2NO2S/c1-19-5-4-18-8-11-2-3-15(14(17)6-11)20-9-13-7-12(16)10-21-13/h2-3,6-7,10,18H,4-5,8-9H2,1H3. The lowest BCUT2D eigenvalue weighted by Crippen LogP contribution is -2.18. The number of thiophene rings is 1. The summed E-state index contributed by atoms with van der Waals surface area (Å²) >= 11 is 8.70. The molecule has 1 aromatic heterocycles. The van der Waals surface area contributed by atoms with Crippen molar-refractivity contribution in [2.45, 2.75) is 13.2 Å². The Balaban J connectivity index is 1.86. The molecule has 6 heteroatoms. The van der Waals surface area contributed by atoms with Crippen LogP contribution >= 0.6 is 43.2 Å². The molecule has 0 spiro atoms. The van der Waals surface area contributed by atoms with Crippen molar-refractivity contribution in [2.24, 2.45) is 0 Å². The lowest BCUT2D eigenvalue weighted by Gasteiger charge is -2.10. The van der Waals surface area contributed by atoms with Gasteiger partial charge in [-0.1, -0.05) is 6.07 Å². The summed E-state index contributed by atoms with van der Waals surface area (Å²) in [6, 6.07) is 8.23. The van der Waals surface area contributed by atoms with Gasteiger partial charge < -0.3 is 14.8 Å². The van der Waals surface area contributed by atoms with Gasteiger partial charge in [-0.25, -0.2) is 0 Å². The first-order valence-corrected chi connectivity index (χ1v) is 8.99. The van der Waals surface area contributed by atoms with E-state index in [9.17, 15) is 0 Å². The number of methoxy groups -OCH3 is 1. The number of benzene rings is 1. The topological polar surface area (TPSA) is 30.5 Å². The first kappa shape index (κ1) is 17.0. The van der Waals surface area contributed by atoms with E-state index < -0.39 is 0 Å². The molecule has 0 bridgehead atoms. The van der Waals surface area contributed by atoms with Gasteiger partial charge in [0.1, 0.15) is 12.4 Å². The Morgan fingerprint density at radius 3 is 2.76 bits per heavy atom. The van der Waals surface area contributed by atoms with Crippen LogP contribution in [-0.4, -0.2) is 20.3 Å². The normalized spacial score (nSPS) is 10.8. The molecule has 2 aromatic rings. The Labute approximate surface area is 145 Å². The van der Waals surface area contributed by atoms with Crippen molar-refractivity contribution < 1.29 is 9.47 Å². The molecule has 0 fully saturated rings. The van der Waals surface area contributed by atoms with Crippen LogP contribution in [0, 0.1) is 0 Å². The molecule has 3 nitrogen and oxygen atoms in total. The molecule has 0 saturated carbocycles. The van der Waals surface area contributed by atoms with Gasteiger partial charge in [-0.3, -0.25) is 0 Å². The van der Waals surface area contributed by atoms with Gasteiger partial charge >= 0.3 is 0 Å². The Morgan fingerprint density at radius 1 is 1.24 bits per heavy atom. The van der Waals surface area contributed by atoms with Crippen LogP contribution in [0.1, 0.15) is 10.4 Å². The summed E-state index contributed by atoms with van der Waals surface area (Å²) in [6.07, 6.45) is 0. The van der Waals surface area contributed by atoms with Gasteiger partial charge in [-0.2, -0.15) is 0 Å². The summed E-state index contributed by atoms with van der Waals surface area (Å²) in [5.74, 6) is 0.861. The van der Waals surface area contributed by atoms with Crippen molar-refractivity contribution in [3.05, 3.63) is 49.0 Å². The second-order valence-electron chi connectivity index (χ2n) is 4.45. The van der Waals surface area contributed by atoms with E-state index in [2.05, 4.69) is 60.8 Å². The quantitative estimate of drug-likeness (QED) is 0.616. The van der Waals surface area contributed by atoms with Crippen LogP contribution in [0.2, 0.25) is 0 Å². The molecular weight excluding hydrogens is 418 g/mol. The minimum atomic E-state index is 0.584. The third-order valence-electron chi connectivity index (χ3n) is 2.80. The SMILES string of the molecule is COCCNCc1ccc(OCc2cc(Br)cs2)c(Br)c1. The van der Waals surface area contributed by atoms with E-state index >= 15 is 0 Å². The highest BCUT2D eigenvalue weighted by molar-refractivity contribution is 9.10. The molecule has 1 aromatic carbocycles. The lowest BCUT2D eigenvalue weighted by atomic mass is 10.2. The highest BCUT2D eigenvalue weighted by atomic mass is 79.9. The molecule has 0 atom stereocenters. The van der Waals surface area contributed by atoms with Gasteiger partial charge in [-0.05, 0) is 55.6 Å². The van der Waals surface area contributed by atoms with Crippen LogP contribution in [0.25, 0.3) is 0 Å². The highest BCUT2D eigenvalue weighted by Gasteiger charge is 2.04. The first-order chi connectivity index (χ1) is 10.2. The second kappa shape index (κ2) is 8.90. The van der Waals surface area contributed by atoms with Gasteiger partial charge in [0, 0.05) is 34.9 Å². The maximum Gasteiger partial charge on any atom is 0.134 e. The van der Waals surface area contributed by atoms with E-state index in [1.807, 2.05) is 6.07 Å². The van der Waals surface area contributed by atoms with Crippen molar-refractivity contribution in [3.8, 4) is 5.75 Å². The van der Waals surface area contributed by atoms with Gasteiger partial charge in [0.05, 0.1) is 11.1 Å². The van der Waals surface area contributed by atoms with Crippen LogP contribution in [0.3, 0.4) is 0 Å². The zero-order chi connectivity index (χ0) is 15.1. The molecule has 0 radical (unpaired) electrons. The van der Waals surface area contributed by atoms with Crippen LogP contribution in [-0.2, 0) is 17.9 Å². The number of rotatable bonds is 8. The van der Waals surface area contributed by atoms with Crippen LogP contribution in [0.5, 0.6) is 5.75 Å². The molecule has 2 rings (SSSR count). The molecule has 0 aliphatic carbocycles. The molecule has 0 aliphatic rings. The third-order valence-corrected chi connectivity index (χ3v) is 5.09. The summed E-state index contributed by atoms with van der Waals surface area (Å²) in [4.78, 5) is 1.19. The number of nitrogens with one attached hydrogen (secondary N) is 1. The van der Waals surface area contributed by atoms with Crippen LogP contribution in [0.15, 0.2) is 38.6 Å². The number of ether oxygens (including phenoxy) is 2. The average Bonchev–Trinajstić information content (AvgIpc) is 2.88. The maximum atomic E-state index is 5.84. The van der Waals surface area contributed by atoms with Gasteiger partial charge in [0.15, 0.2) is 0 Å². The van der Waals surface area contributed by atoms with E-state index in [1.165, 1.54) is 10.4 Å². The van der Waals surface area contributed by atoms with Crippen molar-refractivity contribution in [1.29, 1.82) is 0 Å². The van der Waals surface area contributed by atoms with Gasteiger partial charge in [0.25, 0.3) is 0 Å².